The van der Waals surface area contributed by atoms with E-state index in [0.29, 0.717) is 5.92 Å². The lowest BCUT2D eigenvalue weighted by atomic mass is 9.89. The number of ketones is 1. The summed E-state index contributed by atoms with van der Waals surface area (Å²) >= 11 is 0. The number of hydrogen-bond donors (Lipinski definition) is 3. The van der Waals surface area contributed by atoms with Gasteiger partial charge in [0.1, 0.15) is 18.3 Å². The number of carbonyl (C=O) groups is 2. The lowest BCUT2D eigenvalue weighted by Crippen LogP contribution is -2.34. The summed E-state index contributed by atoms with van der Waals surface area (Å²) in [4.78, 5) is 24.7. The van der Waals surface area contributed by atoms with Gasteiger partial charge in [0.15, 0.2) is 0 Å². The van der Waals surface area contributed by atoms with Gasteiger partial charge in [0.05, 0.1) is 18.8 Å². The summed E-state index contributed by atoms with van der Waals surface area (Å²) in [6, 6.07) is 0. The lowest BCUT2D eigenvalue weighted by Gasteiger charge is -2.27. The molecule has 7 nitrogen and oxygen atoms in total. The standard InChI is InChI=1S/C21H40N2O5/c1-5-19-15(3)6-7-23-12-14(2)8-16(4)20(27-13-18(25)11-22)9-17(24)10-21(26)28-19/h14-16,18-20,23,25H,5-13,22H2,1-4H3/t14-,15-,16+,18?,19-,20-/m1/s1. The molecule has 0 spiro atoms. The van der Waals surface area contributed by atoms with E-state index in [1.807, 2.05) is 6.92 Å². The van der Waals surface area contributed by atoms with Crippen molar-refractivity contribution < 1.29 is 24.2 Å². The third kappa shape index (κ3) is 9.45. The van der Waals surface area contributed by atoms with Crippen LogP contribution < -0.4 is 11.1 Å². The molecular formula is C21H40N2O5. The first-order valence-corrected chi connectivity index (χ1v) is 10.7. The molecule has 1 unspecified atom stereocenters. The van der Waals surface area contributed by atoms with Gasteiger partial charge in [-0.15, -0.1) is 0 Å². The van der Waals surface area contributed by atoms with E-state index in [-0.39, 0.29) is 55.8 Å². The van der Waals surface area contributed by atoms with Crippen LogP contribution >= 0.6 is 0 Å². The largest absolute Gasteiger partial charge is 0.462 e. The van der Waals surface area contributed by atoms with Gasteiger partial charge in [0.2, 0.25) is 0 Å². The van der Waals surface area contributed by atoms with Crippen molar-refractivity contribution in [1.29, 1.82) is 0 Å². The van der Waals surface area contributed by atoms with E-state index in [0.717, 1.165) is 32.4 Å². The average molecular weight is 401 g/mol. The SMILES string of the molecule is CC[C@H]1OC(=O)CC(=O)C[C@@H](OCC(O)CN)[C@@H](C)C[C@@H](C)CNCC[C@H]1C. The number of esters is 1. The highest BCUT2D eigenvalue weighted by molar-refractivity contribution is 5.95. The molecule has 7 heteroatoms. The van der Waals surface area contributed by atoms with Crippen molar-refractivity contribution in [3.8, 4) is 0 Å². The van der Waals surface area contributed by atoms with Crippen molar-refractivity contribution in [2.24, 2.45) is 23.5 Å². The number of nitrogens with two attached hydrogens (primary N) is 1. The Morgan fingerprint density at radius 2 is 2.00 bits per heavy atom. The first-order valence-electron chi connectivity index (χ1n) is 10.7. The Labute approximate surface area is 169 Å². The summed E-state index contributed by atoms with van der Waals surface area (Å²) in [5, 5.41) is 13.2. The van der Waals surface area contributed by atoms with Crippen LogP contribution in [0, 0.1) is 17.8 Å². The second-order valence-corrected chi connectivity index (χ2v) is 8.41. The normalized spacial score (nSPS) is 32.9. The van der Waals surface area contributed by atoms with E-state index in [1.54, 1.807) is 0 Å². The van der Waals surface area contributed by atoms with Crippen LogP contribution in [0.5, 0.6) is 0 Å². The predicted octanol–water partition coefficient (Wildman–Crippen LogP) is 1.65. The molecule has 0 saturated carbocycles. The van der Waals surface area contributed by atoms with Crippen molar-refractivity contribution in [1.82, 2.24) is 5.32 Å². The van der Waals surface area contributed by atoms with E-state index in [9.17, 15) is 14.7 Å². The quantitative estimate of drug-likeness (QED) is 0.475. The number of ether oxygens (including phenoxy) is 2. The Morgan fingerprint density at radius 1 is 1.29 bits per heavy atom. The Hall–Kier alpha value is -1.02. The topological polar surface area (TPSA) is 111 Å². The monoisotopic (exact) mass is 400 g/mol. The zero-order chi connectivity index (χ0) is 21.1. The minimum Gasteiger partial charge on any atom is -0.462 e. The lowest BCUT2D eigenvalue weighted by molar-refractivity contribution is -0.154. The maximum atomic E-state index is 12.5. The van der Waals surface area contributed by atoms with Gasteiger partial charge in [-0.2, -0.15) is 0 Å². The van der Waals surface area contributed by atoms with Gasteiger partial charge in [-0.1, -0.05) is 27.7 Å². The summed E-state index contributed by atoms with van der Waals surface area (Å²) in [7, 11) is 0. The third-order valence-electron chi connectivity index (χ3n) is 5.54. The van der Waals surface area contributed by atoms with Gasteiger partial charge in [0, 0.05) is 13.0 Å². The van der Waals surface area contributed by atoms with Crippen LogP contribution in [0.25, 0.3) is 0 Å². The molecule has 1 aliphatic rings. The van der Waals surface area contributed by atoms with Crippen LogP contribution in [-0.4, -0.2) is 61.4 Å². The Bertz CT molecular complexity index is 474. The summed E-state index contributed by atoms with van der Waals surface area (Å²) in [5.41, 5.74) is 5.45. The molecule has 1 fully saturated rings. The van der Waals surface area contributed by atoms with Crippen molar-refractivity contribution in [3.63, 3.8) is 0 Å². The molecule has 0 aromatic heterocycles. The summed E-state index contributed by atoms with van der Waals surface area (Å²) in [5.74, 6) is 0.135. The van der Waals surface area contributed by atoms with Crippen molar-refractivity contribution in [2.45, 2.75) is 78.1 Å². The van der Waals surface area contributed by atoms with Gasteiger partial charge in [0.25, 0.3) is 0 Å². The molecule has 0 aromatic rings. The number of carbonyl (C=O) groups excluding carboxylic acids is 2. The molecule has 4 N–H and O–H groups in total. The minimum atomic E-state index is -0.755. The van der Waals surface area contributed by atoms with Crippen LogP contribution in [0.15, 0.2) is 0 Å². The number of rotatable bonds is 5. The van der Waals surface area contributed by atoms with Crippen LogP contribution in [0.3, 0.4) is 0 Å². The second-order valence-electron chi connectivity index (χ2n) is 8.41. The van der Waals surface area contributed by atoms with Crippen molar-refractivity contribution in [3.05, 3.63) is 0 Å². The molecular weight excluding hydrogens is 360 g/mol. The smallest absolute Gasteiger partial charge is 0.313 e. The van der Waals surface area contributed by atoms with Crippen molar-refractivity contribution >= 4 is 11.8 Å². The first kappa shape index (κ1) is 25.0. The number of nitrogens with one attached hydrogen (secondary N) is 1. The molecule has 0 aliphatic carbocycles. The van der Waals surface area contributed by atoms with E-state index >= 15 is 0 Å². The van der Waals surface area contributed by atoms with Gasteiger partial charge in [-0.3, -0.25) is 9.59 Å². The maximum absolute atomic E-state index is 12.5. The van der Waals surface area contributed by atoms with E-state index in [1.165, 1.54) is 0 Å². The van der Waals surface area contributed by atoms with Crippen molar-refractivity contribution in [2.75, 3.05) is 26.2 Å². The van der Waals surface area contributed by atoms with Gasteiger partial charge < -0.3 is 25.6 Å². The Balaban J connectivity index is 2.85. The first-order chi connectivity index (χ1) is 13.3. The van der Waals surface area contributed by atoms with Crippen LogP contribution in [0.4, 0.5) is 0 Å². The Morgan fingerprint density at radius 3 is 2.64 bits per heavy atom. The number of Topliss-reactive ketones (excluding diaryl/α,β-unsaturated/α-hetero) is 1. The zero-order valence-electron chi connectivity index (χ0n) is 18.0. The highest BCUT2D eigenvalue weighted by Gasteiger charge is 2.27. The second kappa shape index (κ2) is 13.2. The molecule has 0 radical (unpaired) electrons. The Kier molecular flexibility index (Phi) is 11.8. The molecule has 0 amide bonds. The molecule has 0 bridgehead atoms. The number of aliphatic hydroxyl groups excluding tert-OH is 1. The van der Waals surface area contributed by atoms with Gasteiger partial charge in [-0.05, 0) is 50.1 Å². The fourth-order valence-corrected chi connectivity index (χ4v) is 3.73. The summed E-state index contributed by atoms with van der Waals surface area (Å²) in [6.07, 6.45) is 1.17. The maximum Gasteiger partial charge on any atom is 0.313 e. The number of aliphatic hydroxyl groups is 1. The molecule has 164 valence electrons. The van der Waals surface area contributed by atoms with Gasteiger partial charge >= 0.3 is 5.97 Å². The fourth-order valence-electron chi connectivity index (χ4n) is 3.73. The summed E-state index contributed by atoms with van der Waals surface area (Å²) in [6.45, 7) is 10.3. The highest BCUT2D eigenvalue weighted by atomic mass is 16.5. The zero-order valence-corrected chi connectivity index (χ0v) is 18.0. The predicted molar refractivity (Wildman–Crippen MR) is 109 cm³/mol. The third-order valence-corrected chi connectivity index (χ3v) is 5.54. The van der Waals surface area contributed by atoms with E-state index in [2.05, 4.69) is 26.1 Å². The number of hydrogen-bond acceptors (Lipinski definition) is 7. The van der Waals surface area contributed by atoms with E-state index in [4.69, 9.17) is 15.2 Å². The number of cyclic esters (lactones) is 1. The molecule has 1 rings (SSSR count). The van der Waals surface area contributed by atoms with Crippen LogP contribution in [0.1, 0.15) is 59.8 Å². The molecule has 28 heavy (non-hydrogen) atoms. The molecule has 1 aliphatic heterocycles. The van der Waals surface area contributed by atoms with E-state index < -0.39 is 12.1 Å². The average Bonchev–Trinajstić information content (AvgIpc) is 2.65. The fraction of sp³-hybridized carbons (Fsp3) is 0.905. The van der Waals surface area contributed by atoms with Crippen LogP contribution in [0.2, 0.25) is 0 Å². The van der Waals surface area contributed by atoms with Gasteiger partial charge in [-0.25, -0.2) is 0 Å². The highest BCUT2D eigenvalue weighted by Crippen LogP contribution is 2.22. The van der Waals surface area contributed by atoms with Crippen LogP contribution in [-0.2, 0) is 19.1 Å². The molecule has 6 atom stereocenters. The molecule has 1 heterocycles. The molecule has 0 aromatic carbocycles. The molecule has 1 saturated heterocycles. The summed E-state index contributed by atoms with van der Waals surface area (Å²) < 4.78 is 11.4. The minimum absolute atomic E-state index is 0.0886.